The molecule has 96 valence electrons. The van der Waals surface area contributed by atoms with Gasteiger partial charge < -0.3 is 10.3 Å². The standard InChI is InChI=1S/C15H16N4/c16-6-4-12-2-3-14-13(10-12)5-9-19(14)11-15-17-7-1-8-18-15/h1-3,5,7-10H,4,6,11,16H2. The zero-order chi connectivity index (χ0) is 13.1. The van der Waals surface area contributed by atoms with Gasteiger partial charge >= 0.3 is 0 Å². The Morgan fingerprint density at radius 2 is 1.95 bits per heavy atom. The molecule has 2 aromatic heterocycles. The highest BCUT2D eigenvalue weighted by Crippen LogP contribution is 2.18. The average Bonchev–Trinajstić information content (AvgIpc) is 2.83. The summed E-state index contributed by atoms with van der Waals surface area (Å²) in [6.07, 6.45) is 6.54. The Bertz CT molecular complexity index is 673. The third-order valence-corrected chi connectivity index (χ3v) is 3.20. The zero-order valence-corrected chi connectivity index (χ0v) is 10.7. The lowest BCUT2D eigenvalue weighted by atomic mass is 10.1. The van der Waals surface area contributed by atoms with Gasteiger partial charge in [0.25, 0.3) is 0 Å². The first-order valence-electron chi connectivity index (χ1n) is 6.40. The number of nitrogens with two attached hydrogens (primary N) is 1. The third-order valence-electron chi connectivity index (χ3n) is 3.20. The van der Waals surface area contributed by atoms with E-state index in [2.05, 4.69) is 45.0 Å². The molecule has 3 aromatic rings. The van der Waals surface area contributed by atoms with Gasteiger partial charge in [-0.15, -0.1) is 0 Å². The molecule has 0 amide bonds. The second-order valence-corrected chi connectivity index (χ2v) is 4.54. The number of hydrogen-bond acceptors (Lipinski definition) is 3. The SMILES string of the molecule is NCCc1ccc2c(ccn2Cc2ncccn2)c1. The van der Waals surface area contributed by atoms with E-state index in [4.69, 9.17) is 5.73 Å². The first-order valence-corrected chi connectivity index (χ1v) is 6.40. The number of benzene rings is 1. The van der Waals surface area contributed by atoms with Crippen molar-refractivity contribution in [1.82, 2.24) is 14.5 Å². The van der Waals surface area contributed by atoms with Crippen LogP contribution in [0.25, 0.3) is 10.9 Å². The summed E-state index contributed by atoms with van der Waals surface area (Å²) in [4.78, 5) is 8.52. The monoisotopic (exact) mass is 252 g/mol. The maximum absolute atomic E-state index is 5.59. The van der Waals surface area contributed by atoms with Gasteiger partial charge in [-0.3, -0.25) is 0 Å². The summed E-state index contributed by atoms with van der Waals surface area (Å²) in [5, 5.41) is 1.24. The highest BCUT2D eigenvalue weighted by atomic mass is 15.0. The van der Waals surface area contributed by atoms with Crippen molar-refractivity contribution in [2.45, 2.75) is 13.0 Å². The van der Waals surface area contributed by atoms with Crippen LogP contribution in [0.5, 0.6) is 0 Å². The van der Waals surface area contributed by atoms with E-state index in [0.717, 1.165) is 12.2 Å². The van der Waals surface area contributed by atoms with Crippen LogP contribution in [-0.2, 0) is 13.0 Å². The Balaban J connectivity index is 1.93. The van der Waals surface area contributed by atoms with Crippen molar-refractivity contribution in [3.8, 4) is 0 Å². The molecule has 0 fully saturated rings. The van der Waals surface area contributed by atoms with Crippen LogP contribution in [0.1, 0.15) is 11.4 Å². The van der Waals surface area contributed by atoms with E-state index in [-0.39, 0.29) is 0 Å². The van der Waals surface area contributed by atoms with Gasteiger partial charge in [-0.05, 0) is 48.2 Å². The molecule has 4 heteroatoms. The van der Waals surface area contributed by atoms with Crippen molar-refractivity contribution in [1.29, 1.82) is 0 Å². The molecule has 0 bridgehead atoms. The average molecular weight is 252 g/mol. The van der Waals surface area contributed by atoms with Gasteiger partial charge in [0.1, 0.15) is 5.82 Å². The quantitative estimate of drug-likeness (QED) is 0.772. The van der Waals surface area contributed by atoms with Gasteiger partial charge in [-0.1, -0.05) is 6.07 Å². The van der Waals surface area contributed by atoms with Crippen molar-refractivity contribution >= 4 is 10.9 Å². The van der Waals surface area contributed by atoms with E-state index in [1.54, 1.807) is 12.4 Å². The molecule has 0 aliphatic heterocycles. The minimum absolute atomic E-state index is 0.685. The maximum atomic E-state index is 5.59. The Morgan fingerprint density at radius 1 is 1.11 bits per heavy atom. The zero-order valence-electron chi connectivity index (χ0n) is 10.7. The van der Waals surface area contributed by atoms with E-state index in [1.807, 2.05) is 6.07 Å². The molecule has 19 heavy (non-hydrogen) atoms. The number of fused-ring (bicyclic) bond motifs is 1. The minimum Gasteiger partial charge on any atom is -0.340 e. The first-order chi connectivity index (χ1) is 9.36. The molecule has 4 nitrogen and oxygen atoms in total. The molecule has 0 saturated heterocycles. The molecule has 0 aliphatic rings. The molecule has 0 unspecified atom stereocenters. The molecular weight excluding hydrogens is 236 g/mol. The summed E-state index contributed by atoms with van der Waals surface area (Å²) >= 11 is 0. The summed E-state index contributed by atoms with van der Waals surface area (Å²) < 4.78 is 2.16. The number of hydrogen-bond donors (Lipinski definition) is 1. The van der Waals surface area contributed by atoms with Gasteiger partial charge in [0.15, 0.2) is 0 Å². The number of nitrogens with zero attached hydrogens (tertiary/aromatic N) is 3. The van der Waals surface area contributed by atoms with E-state index in [1.165, 1.54) is 16.5 Å². The topological polar surface area (TPSA) is 56.7 Å². The maximum Gasteiger partial charge on any atom is 0.147 e. The van der Waals surface area contributed by atoms with Gasteiger partial charge in [-0.25, -0.2) is 9.97 Å². The Kier molecular flexibility index (Phi) is 3.25. The van der Waals surface area contributed by atoms with E-state index >= 15 is 0 Å². The fourth-order valence-electron chi connectivity index (χ4n) is 2.27. The lowest BCUT2D eigenvalue weighted by Gasteiger charge is -2.05. The normalized spacial score (nSPS) is 11.0. The van der Waals surface area contributed by atoms with Crippen molar-refractivity contribution in [3.63, 3.8) is 0 Å². The van der Waals surface area contributed by atoms with Crippen LogP contribution in [0, 0.1) is 0 Å². The highest BCUT2D eigenvalue weighted by Gasteiger charge is 2.04. The second kappa shape index (κ2) is 5.20. The predicted octanol–water partition coefficient (Wildman–Crippen LogP) is 1.98. The third kappa shape index (κ3) is 2.48. The molecular formula is C15H16N4. The van der Waals surface area contributed by atoms with Crippen molar-refractivity contribution < 1.29 is 0 Å². The summed E-state index contributed by atoms with van der Waals surface area (Å²) in [7, 11) is 0. The van der Waals surface area contributed by atoms with E-state index in [9.17, 15) is 0 Å². The molecule has 2 N–H and O–H groups in total. The number of rotatable bonds is 4. The van der Waals surface area contributed by atoms with Gasteiger partial charge in [0.05, 0.1) is 6.54 Å². The van der Waals surface area contributed by atoms with Gasteiger partial charge in [-0.2, -0.15) is 0 Å². The van der Waals surface area contributed by atoms with Crippen LogP contribution in [0.4, 0.5) is 0 Å². The lowest BCUT2D eigenvalue weighted by Crippen LogP contribution is -2.03. The van der Waals surface area contributed by atoms with Gasteiger partial charge in [0, 0.05) is 24.1 Å². The van der Waals surface area contributed by atoms with Crippen LogP contribution in [0.3, 0.4) is 0 Å². The molecule has 0 atom stereocenters. The highest BCUT2D eigenvalue weighted by molar-refractivity contribution is 5.81. The Hall–Kier alpha value is -2.20. The van der Waals surface area contributed by atoms with Crippen LogP contribution >= 0.6 is 0 Å². The molecule has 0 radical (unpaired) electrons. The van der Waals surface area contributed by atoms with Crippen LogP contribution in [-0.4, -0.2) is 21.1 Å². The Morgan fingerprint density at radius 3 is 2.74 bits per heavy atom. The molecule has 0 aliphatic carbocycles. The summed E-state index contributed by atoms with van der Waals surface area (Å²) in [5.74, 6) is 0.825. The largest absolute Gasteiger partial charge is 0.340 e. The fourth-order valence-corrected chi connectivity index (χ4v) is 2.27. The van der Waals surface area contributed by atoms with Crippen LogP contribution in [0.2, 0.25) is 0 Å². The van der Waals surface area contributed by atoms with E-state index < -0.39 is 0 Å². The van der Waals surface area contributed by atoms with Crippen LogP contribution < -0.4 is 5.73 Å². The second-order valence-electron chi connectivity index (χ2n) is 4.54. The molecule has 1 aromatic carbocycles. The lowest BCUT2D eigenvalue weighted by molar-refractivity contribution is 0.771. The fraction of sp³-hybridized carbons (Fsp3) is 0.200. The molecule has 3 rings (SSSR count). The minimum atomic E-state index is 0.685. The molecule has 0 saturated carbocycles. The van der Waals surface area contributed by atoms with Crippen molar-refractivity contribution in [2.24, 2.45) is 5.73 Å². The van der Waals surface area contributed by atoms with Crippen molar-refractivity contribution in [2.75, 3.05) is 6.54 Å². The number of aromatic nitrogens is 3. The van der Waals surface area contributed by atoms with E-state index in [0.29, 0.717) is 13.1 Å². The summed E-state index contributed by atoms with van der Waals surface area (Å²) in [6.45, 7) is 1.38. The molecule has 0 spiro atoms. The molecule has 2 heterocycles. The summed E-state index contributed by atoms with van der Waals surface area (Å²) in [5.41, 5.74) is 8.07. The summed E-state index contributed by atoms with van der Waals surface area (Å²) in [6, 6.07) is 10.4. The van der Waals surface area contributed by atoms with Crippen LogP contribution in [0.15, 0.2) is 48.9 Å². The first kappa shape index (κ1) is 11.9. The Labute approximate surface area is 111 Å². The predicted molar refractivity (Wildman–Crippen MR) is 75.8 cm³/mol. The van der Waals surface area contributed by atoms with Crippen molar-refractivity contribution in [3.05, 3.63) is 60.3 Å². The van der Waals surface area contributed by atoms with Gasteiger partial charge in [0.2, 0.25) is 0 Å². The smallest absolute Gasteiger partial charge is 0.147 e.